The van der Waals surface area contributed by atoms with Crippen molar-refractivity contribution >= 4 is 23.9 Å². The topological polar surface area (TPSA) is 186 Å². The molecule has 5 aromatic carbocycles. The molecule has 0 aliphatic heterocycles. The molecular formula is C62H78O12. The molecule has 0 radical (unpaired) electrons. The Bertz CT molecular complexity index is 2660. The van der Waals surface area contributed by atoms with Gasteiger partial charge in [-0.05, 0) is 178 Å². The maximum Gasteiger partial charge on any atom is 0.339 e. The van der Waals surface area contributed by atoms with Crippen molar-refractivity contribution in [3.05, 3.63) is 148 Å². The summed E-state index contributed by atoms with van der Waals surface area (Å²) in [6, 6.07) is 9.45. The number of hydrogen-bond donors (Lipinski definition) is 4. The Labute approximate surface area is 438 Å². The van der Waals surface area contributed by atoms with E-state index in [4.69, 9.17) is 18.9 Å². The molecule has 4 N–H and O–H groups in total. The molecular weight excluding hydrogens is 937 g/mol. The second kappa shape index (κ2) is 21.2. The first-order valence-electron chi connectivity index (χ1n) is 25.1. The third-order valence-electron chi connectivity index (χ3n) is 14.3. The summed E-state index contributed by atoms with van der Waals surface area (Å²) in [5.41, 5.74) is 6.56. The second-order valence-electron chi connectivity index (χ2n) is 24.0. The third kappa shape index (κ3) is 12.1. The molecule has 0 aliphatic carbocycles. The number of hydrogen-bond acceptors (Lipinski definition) is 12. The number of aromatic hydroxyl groups is 4. The molecule has 0 amide bonds. The summed E-state index contributed by atoms with van der Waals surface area (Å²) in [4.78, 5) is 58.3. The molecule has 0 fully saturated rings. The largest absolute Gasteiger partial charge is 0.507 e. The van der Waals surface area contributed by atoms with Crippen molar-refractivity contribution in [1.29, 1.82) is 0 Å². The zero-order chi connectivity index (χ0) is 56.1. The average molecular weight is 1020 g/mol. The number of esters is 4. The number of aryl methyl sites for hydroxylation is 4. The molecule has 12 nitrogen and oxygen atoms in total. The van der Waals surface area contributed by atoms with Gasteiger partial charge in [-0.3, -0.25) is 0 Å². The monoisotopic (exact) mass is 1010 g/mol. The van der Waals surface area contributed by atoms with Crippen molar-refractivity contribution in [3.8, 4) is 23.0 Å². The number of carbonyl (C=O) groups is 4. The first kappa shape index (κ1) is 58.1. The van der Waals surface area contributed by atoms with E-state index < -0.39 is 67.8 Å². The fourth-order valence-electron chi connectivity index (χ4n) is 9.36. The van der Waals surface area contributed by atoms with Crippen molar-refractivity contribution in [2.75, 3.05) is 0 Å². The van der Waals surface area contributed by atoms with E-state index in [0.717, 1.165) is 34.4 Å². The second-order valence-corrected chi connectivity index (χ2v) is 24.0. The van der Waals surface area contributed by atoms with Crippen LogP contribution in [0, 0.1) is 55.4 Å². The van der Waals surface area contributed by atoms with Gasteiger partial charge in [0.25, 0.3) is 0 Å². The number of ether oxygens (including phenoxy) is 4. The van der Waals surface area contributed by atoms with Gasteiger partial charge in [0.1, 0.15) is 49.4 Å². The van der Waals surface area contributed by atoms with Crippen LogP contribution in [0.1, 0.15) is 214 Å². The minimum atomic E-state index is -1.06. The summed E-state index contributed by atoms with van der Waals surface area (Å²) in [6.07, 6.45) is 0. The first-order chi connectivity index (χ1) is 33.9. The Hall–Kier alpha value is -6.82. The van der Waals surface area contributed by atoms with Crippen LogP contribution in [0.3, 0.4) is 0 Å². The van der Waals surface area contributed by atoms with Crippen LogP contribution in [0.2, 0.25) is 0 Å². The Morgan fingerprint density at radius 1 is 0.324 bits per heavy atom. The zero-order valence-corrected chi connectivity index (χ0v) is 47.3. The van der Waals surface area contributed by atoms with Crippen molar-refractivity contribution in [3.63, 3.8) is 0 Å². The highest BCUT2D eigenvalue weighted by Gasteiger charge is 2.32. The van der Waals surface area contributed by atoms with Crippen LogP contribution in [0.4, 0.5) is 0 Å². The number of benzene rings is 5. The van der Waals surface area contributed by atoms with Gasteiger partial charge in [0.05, 0.1) is 22.3 Å². The molecule has 398 valence electrons. The van der Waals surface area contributed by atoms with E-state index in [0.29, 0.717) is 66.8 Å². The van der Waals surface area contributed by atoms with Crippen LogP contribution in [0.25, 0.3) is 0 Å². The van der Waals surface area contributed by atoms with E-state index >= 15 is 0 Å². The average Bonchev–Trinajstić information content (AvgIpc) is 3.28. The lowest BCUT2D eigenvalue weighted by Crippen LogP contribution is -2.21. The van der Waals surface area contributed by atoms with E-state index in [9.17, 15) is 39.6 Å². The lowest BCUT2D eigenvalue weighted by molar-refractivity contribution is 0.0407. The highest BCUT2D eigenvalue weighted by molar-refractivity contribution is 6.10. The number of rotatable bonds is 12. The number of phenolic OH excluding ortho intramolecular Hbond substituents is 4. The van der Waals surface area contributed by atoms with Gasteiger partial charge in [0.15, 0.2) is 0 Å². The summed E-state index contributed by atoms with van der Waals surface area (Å²) >= 11 is 0. The van der Waals surface area contributed by atoms with Crippen LogP contribution in [0.15, 0.2) is 36.4 Å². The van der Waals surface area contributed by atoms with Gasteiger partial charge < -0.3 is 39.4 Å². The van der Waals surface area contributed by atoms with Gasteiger partial charge in [0.2, 0.25) is 0 Å². The van der Waals surface area contributed by atoms with Crippen LogP contribution < -0.4 is 0 Å². The quantitative estimate of drug-likeness (QED) is 0.0685. The molecule has 12 heteroatoms. The summed E-state index contributed by atoms with van der Waals surface area (Å²) in [6.45, 7) is 36.6. The van der Waals surface area contributed by atoms with E-state index in [-0.39, 0.29) is 49.4 Å². The van der Waals surface area contributed by atoms with Crippen molar-refractivity contribution in [2.24, 2.45) is 0 Å². The normalized spacial score (nSPS) is 12.2. The lowest BCUT2D eigenvalue weighted by atomic mass is 9.83. The molecule has 0 spiro atoms. The molecule has 0 aliphatic rings. The van der Waals surface area contributed by atoms with E-state index in [2.05, 4.69) is 0 Å². The van der Waals surface area contributed by atoms with Gasteiger partial charge in [-0.15, -0.1) is 0 Å². The molecule has 74 heavy (non-hydrogen) atoms. The maximum absolute atomic E-state index is 14.6. The van der Waals surface area contributed by atoms with Gasteiger partial charge in [-0.25, -0.2) is 19.2 Å². The molecule has 0 heterocycles. The van der Waals surface area contributed by atoms with E-state index in [1.807, 2.05) is 135 Å². The predicted octanol–water partition coefficient (Wildman–Crippen LogP) is 13.6. The fraction of sp³-hybridized carbons (Fsp3) is 0.452. The molecule has 0 atom stereocenters. The number of carbonyl (C=O) groups excluding carboxylic acids is 4. The van der Waals surface area contributed by atoms with Gasteiger partial charge in [0, 0.05) is 0 Å². The molecule has 0 unspecified atom stereocenters. The minimum absolute atomic E-state index is 0.0519. The molecule has 0 bridgehead atoms. The van der Waals surface area contributed by atoms with Gasteiger partial charge in [-0.2, -0.15) is 0 Å². The summed E-state index contributed by atoms with van der Waals surface area (Å²) < 4.78 is 23.7. The molecule has 0 saturated carbocycles. The third-order valence-corrected chi connectivity index (χ3v) is 14.3. The zero-order valence-electron chi connectivity index (χ0n) is 47.3. The Morgan fingerprint density at radius 2 is 0.486 bits per heavy atom. The summed E-state index contributed by atoms with van der Waals surface area (Å²) in [5, 5.41) is 45.1. The maximum atomic E-state index is 14.6. The van der Waals surface area contributed by atoms with E-state index in [1.54, 1.807) is 27.7 Å². The highest BCUT2D eigenvalue weighted by Crippen LogP contribution is 2.41. The SMILES string of the molecule is Cc1cc(C(C)(C)C)c(O)c(C)c1COC(=O)c1cc(C(=O)OCc2c(C)cc(C(C)(C)C)c(O)c2C)c(C(=O)OCc2c(C)cc(C(C)(C)C)c(O)c2C)cc1C(=O)OCc1c(C)cc(C(C)(C)C)c(O)c1C. The summed E-state index contributed by atoms with van der Waals surface area (Å²) in [7, 11) is 0. The van der Waals surface area contributed by atoms with Crippen molar-refractivity contribution in [2.45, 2.75) is 187 Å². The smallest absolute Gasteiger partial charge is 0.339 e. The molecule has 0 saturated heterocycles. The number of phenols is 4. The van der Waals surface area contributed by atoms with Crippen LogP contribution in [-0.2, 0) is 67.0 Å². The van der Waals surface area contributed by atoms with E-state index in [1.165, 1.54) is 0 Å². The Morgan fingerprint density at radius 3 is 0.635 bits per heavy atom. The lowest BCUT2D eigenvalue weighted by Gasteiger charge is -2.25. The molecule has 5 rings (SSSR count). The fourth-order valence-corrected chi connectivity index (χ4v) is 9.36. The molecule has 0 aromatic heterocycles. The first-order valence-corrected chi connectivity index (χ1v) is 25.1. The van der Waals surface area contributed by atoms with Crippen LogP contribution in [-0.4, -0.2) is 44.3 Å². The highest BCUT2D eigenvalue weighted by atomic mass is 16.5. The van der Waals surface area contributed by atoms with Crippen molar-refractivity contribution in [1.82, 2.24) is 0 Å². The van der Waals surface area contributed by atoms with Gasteiger partial charge in [-0.1, -0.05) is 107 Å². The van der Waals surface area contributed by atoms with Crippen molar-refractivity contribution < 1.29 is 58.6 Å². The Kier molecular flexibility index (Phi) is 16.6. The predicted molar refractivity (Wildman–Crippen MR) is 288 cm³/mol. The van der Waals surface area contributed by atoms with Crippen LogP contribution in [0.5, 0.6) is 23.0 Å². The molecule has 5 aromatic rings. The van der Waals surface area contributed by atoms with Crippen LogP contribution >= 0.6 is 0 Å². The Balaban J connectivity index is 1.68. The van der Waals surface area contributed by atoms with Gasteiger partial charge >= 0.3 is 23.9 Å². The minimum Gasteiger partial charge on any atom is -0.507 e. The standard InChI is InChI=1S/C62H78O12/c1-31-21-47(59(9,10)11)51(63)35(5)43(31)27-71-55(67)39-25-41(57(69)73-29-45-33(3)23-49(61(15,16)17)53(65)37(45)7)42(58(70)74-30-46-34(4)24-50(62(18,19)20)54(66)38(46)8)26-40(39)56(68)72-28-44-32(2)22-48(60(12,13)14)52(64)36(44)6/h21-26,63-66H,27-30H2,1-20H3. The summed E-state index contributed by atoms with van der Waals surface area (Å²) in [5.74, 6) is -4.02.